The molecule has 1 unspecified atom stereocenters. The Balaban J connectivity index is 2.97. The van der Waals surface area contributed by atoms with Crippen molar-refractivity contribution in [2.24, 2.45) is 0 Å². The third kappa shape index (κ3) is 1.80. The van der Waals surface area contributed by atoms with Crippen molar-refractivity contribution in [2.75, 3.05) is 6.26 Å². The summed E-state index contributed by atoms with van der Waals surface area (Å²) in [7, 11) is -3.05. The molecule has 0 aromatic carbocycles. The minimum atomic E-state index is -3.05. The Kier molecular flexibility index (Phi) is 1.99. The van der Waals surface area contributed by atoms with Gasteiger partial charge in [0.25, 0.3) is 0 Å². The highest BCUT2D eigenvalue weighted by Crippen LogP contribution is 2.09. The Morgan fingerprint density at radius 2 is 2.27 bits per heavy atom. The summed E-state index contributed by atoms with van der Waals surface area (Å²) >= 11 is 0. The number of hydrogen-bond donors (Lipinski definition) is 0. The standard InChI is InChI=1S/C6H9N2O2S/c1-6(11(2,9)10)8-5-3-4-7-8/h3,5-6H,1-2H3. The van der Waals surface area contributed by atoms with E-state index in [-0.39, 0.29) is 0 Å². The van der Waals surface area contributed by atoms with Crippen molar-refractivity contribution in [3.05, 3.63) is 18.5 Å². The smallest absolute Gasteiger partial charge is 0.170 e. The van der Waals surface area contributed by atoms with Gasteiger partial charge in [-0.1, -0.05) is 0 Å². The van der Waals surface area contributed by atoms with Crippen LogP contribution in [0.2, 0.25) is 0 Å². The van der Waals surface area contributed by atoms with Crippen LogP contribution in [-0.2, 0) is 9.84 Å². The number of hydrogen-bond acceptors (Lipinski definition) is 3. The minimum absolute atomic E-state index is 0.603. The second-order valence-corrected chi connectivity index (χ2v) is 4.69. The average molecular weight is 173 g/mol. The Hall–Kier alpha value is -0.840. The van der Waals surface area contributed by atoms with E-state index < -0.39 is 15.2 Å². The minimum Gasteiger partial charge on any atom is -0.254 e. The van der Waals surface area contributed by atoms with Gasteiger partial charge in [0.05, 0.1) is 0 Å². The summed E-state index contributed by atoms with van der Waals surface area (Å²) in [5, 5.41) is 3.09. The van der Waals surface area contributed by atoms with Gasteiger partial charge < -0.3 is 0 Å². The number of rotatable bonds is 2. The molecule has 0 spiro atoms. The van der Waals surface area contributed by atoms with Crippen molar-refractivity contribution in [2.45, 2.75) is 12.3 Å². The van der Waals surface area contributed by atoms with E-state index in [0.717, 1.165) is 0 Å². The van der Waals surface area contributed by atoms with Crippen LogP contribution in [0.15, 0.2) is 12.3 Å². The van der Waals surface area contributed by atoms with Crippen molar-refractivity contribution >= 4 is 9.84 Å². The van der Waals surface area contributed by atoms with E-state index in [4.69, 9.17) is 0 Å². The Labute approximate surface area is 65.8 Å². The van der Waals surface area contributed by atoms with Crippen molar-refractivity contribution in [1.82, 2.24) is 9.78 Å². The SMILES string of the molecule is CC(n1cc[c]n1)S(C)(=O)=O. The largest absolute Gasteiger partial charge is 0.254 e. The first kappa shape index (κ1) is 8.26. The fraction of sp³-hybridized carbons (Fsp3) is 0.500. The van der Waals surface area contributed by atoms with Crippen molar-refractivity contribution in [1.29, 1.82) is 0 Å². The quantitative estimate of drug-likeness (QED) is 0.644. The van der Waals surface area contributed by atoms with Gasteiger partial charge in [0.2, 0.25) is 0 Å². The van der Waals surface area contributed by atoms with Gasteiger partial charge in [0.1, 0.15) is 11.6 Å². The predicted octanol–water partition coefficient (Wildman–Crippen LogP) is 0.246. The summed E-state index contributed by atoms with van der Waals surface area (Å²) < 4.78 is 23.3. The Morgan fingerprint density at radius 3 is 2.64 bits per heavy atom. The zero-order valence-corrected chi connectivity index (χ0v) is 7.17. The average Bonchev–Trinajstić information content (AvgIpc) is 2.34. The maximum atomic E-state index is 11.0. The molecule has 1 atom stereocenters. The second-order valence-electron chi connectivity index (χ2n) is 2.35. The molecule has 5 heteroatoms. The number of sulfone groups is 1. The molecule has 0 saturated heterocycles. The summed E-state index contributed by atoms with van der Waals surface area (Å²) in [5.74, 6) is 0. The summed E-state index contributed by atoms with van der Waals surface area (Å²) in [6, 6.07) is 1.57. The van der Waals surface area contributed by atoms with Crippen molar-refractivity contribution in [3.63, 3.8) is 0 Å². The maximum Gasteiger partial charge on any atom is 0.170 e. The van der Waals surface area contributed by atoms with E-state index in [1.54, 1.807) is 19.2 Å². The first-order chi connectivity index (χ1) is 5.02. The molecular formula is C6H9N2O2S. The van der Waals surface area contributed by atoms with Crippen LogP contribution in [0.25, 0.3) is 0 Å². The van der Waals surface area contributed by atoms with E-state index in [1.807, 2.05) is 0 Å². The highest BCUT2D eigenvalue weighted by molar-refractivity contribution is 7.90. The van der Waals surface area contributed by atoms with Gasteiger partial charge in [0.15, 0.2) is 9.84 Å². The molecule has 0 saturated carbocycles. The lowest BCUT2D eigenvalue weighted by molar-refractivity contribution is 0.544. The van der Waals surface area contributed by atoms with E-state index >= 15 is 0 Å². The molecule has 1 rings (SSSR count). The topological polar surface area (TPSA) is 52.0 Å². The van der Waals surface area contributed by atoms with Crippen LogP contribution in [0.5, 0.6) is 0 Å². The van der Waals surface area contributed by atoms with Crippen molar-refractivity contribution < 1.29 is 8.42 Å². The number of nitrogens with zero attached hydrogens (tertiary/aromatic N) is 2. The molecule has 1 aromatic heterocycles. The lowest BCUT2D eigenvalue weighted by atomic mass is 10.7. The molecule has 0 aliphatic rings. The summed E-state index contributed by atoms with van der Waals surface area (Å²) in [6.45, 7) is 1.58. The summed E-state index contributed by atoms with van der Waals surface area (Å²) in [5.41, 5.74) is 0. The molecule has 0 fully saturated rings. The number of aromatic nitrogens is 2. The van der Waals surface area contributed by atoms with Crippen LogP contribution in [0.4, 0.5) is 0 Å². The fourth-order valence-electron chi connectivity index (χ4n) is 0.642. The highest BCUT2D eigenvalue weighted by atomic mass is 32.2. The van der Waals surface area contributed by atoms with E-state index in [2.05, 4.69) is 11.3 Å². The third-order valence-electron chi connectivity index (χ3n) is 1.47. The monoisotopic (exact) mass is 173 g/mol. The van der Waals surface area contributed by atoms with Crippen LogP contribution in [0.3, 0.4) is 0 Å². The molecule has 4 nitrogen and oxygen atoms in total. The molecule has 1 radical (unpaired) electrons. The highest BCUT2D eigenvalue weighted by Gasteiger charge is 2.15. The first-order valence-electron chi connectivity index (χ1n) is 3.12. The van der Waals surface area contributed by atoms with E-state index in [1.165, 1.54) is 10.9 Å². The van der Waals surface area contributed by atoms with Gasteiger partial charge in [0, 0.05) is 12.5 Å². The van der Waals surface area contributed by atoms with E-state index in [9.17, 15) is 8.42 Å². The molecule has 0 aliphatic heterocycles. The Bertz CT molecular complexity index is 314. The van der Waals surface area contributed by atoms with Gasteiger partial charge in [-0.05, 0) is 13.0 Å². The maximum absolute atomic E-state index is 11.0. The molecule has 1 aromatic rings. The van der Waals surface area contributed by atoms with Crippen LogP contribution < -0.4 is 0 Å². The predicted molar refractivity (Wildman–Crippen MR) is 40.6 cm³/mol. The molecular weight excluding hydrogens is 164 g/mol. The lowest BCUT2D eigenvalue weighted by Gasteiger charge is -2.08. The molecule has 0 bridgehead atoms. The zero-order valence-electron chi connectivity index (χ0n) is 6.35. The fourth-order valence-corrected chi connectivity index (χ4v) is 1.15. The zero-order chi connectivity index (χ0) is 8.48. The van der Waals surface area contributed by atoms with E-state index in [0.29, 0.717) is 0 Å². The van der Waals surface area contributed by atoms with Crippen LogP contribution in [-0.4, -0.2) is 24.5 Å². The van der Waals surface area contributed by atoms with Gasteiger partial charge in [-0.3, -0.25) is 4.68 Å². The van der Waals surface area contributed by atoms with Crippen LogP contribution in [0.1, 0.15) is 12.3 Å². The molecule has 11 heavy (non-hydrogen) atoms. The molecule has 61 valence electrons. The van der Waals surface area contributed by atoms with Crippen LogP contribution >= 0.6 is 0 Å². The first-order valence-corrected chi connectivity index (χ1v) is 5.07. The summed E-state index contributed by atoms with van der Waals surface area (Å²) in [4.78, 5) is 0. The van der Waals surface area contributed by atoms with Crippen LogP contribution in [0, 0.1) is 6.20 Å². The molecule has 0 N–H and O–H groups in total. The Morgan fingerprint density at radius 1 is 1.64 bits per heavy atom. The molecule has 0 amide bonds. The lowest BCUT2D eigenvalue weighted by Crippen LogP contribution is -2.15. The molecule has 1 heterocycles. The van der Waals surface area contributed by atoms with Gasteiger partial charge in [-0.15, -0.1) is 0 Å². The van der Waals surface area contributed by atoms with Gasteiger partial charge in [-0.2, -0.15) is 5.10 Å². The summed E-state index contributed by atoms with van der Waals surface area (Å²) in [6.07, 6.45) is 5.29. The second kappa shape index (κ2) is 2.65. The van der Waals surface area contributed by atoms with Gasteiger partial charge >= 0.3 is 0 Å². The molecule has 0 aliphatic carbocycles. The van der Waals surface area contributed by atoms with Gasteiger partial charge in [-0.25, -0.2) is 8.42 Å². The third-order valence-corrected chi connectivity index (χ3v) is 2.92. The van der Waals surface area contributed by atoms with Crippen molar-refractivity contribution in [3.8, 4) is 0 Å². The normalized spacial score (nSPS) is 14.7.